The first kappa shape index (κ1) is 36.9. The molecule has 0 unspecified atom stereocenters. The molecule has 0 bridgehead atoms. The molecule has 1 amide bonds. The molecule has 248 valence electrons. The Balaban J connectivity index is 2.05. The molecule has 1 fully saturated rings. The molecule has 0 atom stereocenters. The van der Waals surface area contributed by atoms with Crippen LogP contribution < -0.4 is 5.32 Å². The minimum atomic E-state index is -0.984. The maximum Gasteiger partial charge on any atom is 0.407 e. The second-order valence-electron chi connectivity index (χ2n) is 13.2. The molecule has 1 aromatic carbocycles. The van der Waals surface area contributed by atoms with Gasteiger partial charge in [-0.15, -0.1) is 0 Å². The highest BCUT2D eigenvalue weighted by Gasteiger charge is 2.31. The van der Waals surface area contributed by atoms with Crippen LogP contribution in [0.15, 0.2) is 30.3 Å². The molecule has 0 spiro atoms. The second-order valence-corrected chi connectivity index (χ2v) is 13.2. The fraction of sp³-hybridized carbons (Fsp3) is 0.677. The Labute approximate surface area is 260 Å². The van der Waals surface area contributed by atoms with Gasteiger partial charge in [-0.25, -0.2) is 4.79 Å². The molecule has 2 rings (SSSR count). The number of alkyl carbamates (subject to hydrolysis) is 1. The summed E-state index contributed by atoms with van der Waals surface area (Å²) in [5.74, 6) is -2.88. The molecule has 0 saturated carbocycles. The van der Waals surface area contributed by atoms with E-state index < -0.39 is 24.0 Å². The van der Waals surface area contributed by atoms with Crippen molar-refractivity contribution in [3.63, 3.8) is 0 Å². The van der Waals surface area contributed by atoms with Crippen LogP contribution in [-0.4, -0.2) is 144 Å². The SMILES string of the molecule is CC(C)(CNC(=O)OCc1ccccc1)CC(C)(C)CN1CCN(CC(=O)O)CCN(CC(=O)O)CCN(CC(=O)O)CC1. The normalized spacial score (nSPS) is 17.3. The molecule has 0 aromatic heterocycles. The van der Waals surface area contributed by atoms with E-state index in [1.165, 1.54) is 0 Å². The van der Waals surface area contributed by atoms with Crippen molar-refractivity contribution in [2.24, 2.45) is 10.8 Å². The van der Waals surface area contributed by atoms with E-state index in [1.807, 2.05) is 40.1 Å². The Hall–Kier alpha value is -3.26. The van der Waals surface area contributed by atoms with Gasteiger partial charge >= 0.3 is 24.0 Å². The molecular formula is C31H51N5O8. The molecule has 1 aromatic rings. The molecule has 0 radical (unpaired) electrons. The monoisotopic (exact) mass is 621 g/mol. The van der Waals surface area contributed by atoms with E-state index in [1.54, 1.807) is 4.90 Å². The van der Waals surface area contributed by atoms with Gasteiger partial charge in [-0.2, -0.15) is 0 Å². The van der Waals surface area contributed by atoms with E-state index >= 15 is 0 Å². The van der Waals surface area contributed by atoms with Crippen LogP contribution in [0.4, 0.5) is 4.79 Å². The Morgan fingerprint density at radius 3 is 1.50 bits per heavy atom. The molecule has 1 aliphatic heterocycles. The molecule has 0 aliphatic carbocycles. The molecule has 1 heterocycles. The van der Waals surface area contributed by atoms with Crippen LogP contribution >= 0.6 is 0 Å². The first-order chi connectivity index (χ1) is 20.6. The van der Waals surface area contributed by atoms with E-state index in [0.717, 1.165) is 12.0 Å². The smallest absolute Gasteiger partial charge is 0.407 e. The number of benzene rings is 1. The average Bonchev–Trinajstić information content (AvgIpc) is 2.91. The lowest BCUT2D eigenvalue weighted by Crippen LogP contribution is -2.50. The molecule has 4 N–H and O–H groups in total. The maximum atomic E-state index is 12.4. The summed E-state index contributed by atoms with van der Waals surface area (Å²) >= 11 is 0. The third-order valence-corrected chi connectivity index (χ3v) is 7.54. The second kappa shape index (κ2) is 17.9. The van der Waals surface area contributed by atoms with Crippen LogP contribution in [0.1, 0.15) is 39.7 Å². The fourth-order valence-electron chi connectivity index (χ4n) is 5.89. The maximum absolute atomic E-state index is 12.4. The standard InChI is InChI=1S/C31H51N5O8/c1-30(2,23-32-29(43)44-21-25-8-6-5-7-9-25)22-31(3,4)24-36-16-14-34(19-27(39)40)12-10-33(18-26(37)38)11-13-35(15-17-36)20-28(41)42/h5-9H,10-24H2,1-4H3,(H,32,43)(H,37,38)(H,39,40)(H,41,42). The van der Waals surface area contributed by atoms with E-state index in [9.17, 15) is 34.5 Å². The van der Waals surface area contributed by atoms with Crippen LogP contribution in [0.3, 0.4) is 0 Å². The lowest BCUT2D eigenvalue weighted by atomic mass is 9.74. The van der Waals surface area contributed by atoms with Gasteiger partial charge in [0.25, 0.3) is 0 Å². The number of nitrogens with one attached hydrogen (secondary N) is 1. The quantitative estimate of drug-likeness (QED) is 0.239. The highest BCUT2D eigenvalue weighted by Crippen LogP contribution is 2.34. The van der Waals surface area contributed by atoms with Crippen molar-refractivity contribution in [2.45, 2.75) is 40.7 Å². The van der Waals surface area contributed by atoms with Gasteiger partial charge in [0.15, 0.2) is 0 Å². The van der Waals surface area contributed by atoms with Crippen molar-refractivity contribution >= 4 is 24.0 Å². The van der Waals surface area contributed by atoms with Crippen LogP contribution in [0, 0.1) is 10.8 Å². The third kappa shape index (κ3) is 16.0. The van der Waals surface area contributed by atoms with Gasteiger partial charge in [0.05, 0.1) is 19.6 Å². The highest BCUT2D eigenvalue weighted by atomic mass is 16.5. The van der Waals surface area contributed by atoms with Crippen molar-refractivity contribution in [2.75, 3.05) is 85.1 Å². The summed E-state index contributed by atoms with van der Waals surface area (Å²) in [7, 11) is 0. The lowest BCUT2D eigenvalue weighted by Gasteiger charge is -2.40. The van der Waals surface area contributed by atoms with Crippen LogP contribution in [0.5, 0.6) is 0 Å². The number of carbonyl (C=O) groups excluding carboxylic acids is 1. The van der Waals surface area contributed by atoms with Crippen molar-refractivity contribution < 1.29 is 39.2 Å². The Morgan fingerprint density at radius 2 is 1.09 bits per heavy atom. The number of aliphatic carboxylic acids is 3. The number of rotatable bonds is 14. The summed E-state index contributed by atoms with van der Waals surface area (Å²) < 4.78 is 5.36. The number of carbonyl (C=O) groups is 4. The van der Waals surface area contributed by atoms with Crippen molar-refractivity contribution in [1.29, 1.82) is 0 Å². The van der Waals surface area contributed by atoms with E-state index in [2.05, 4.69) is 37.9 Å². The largest absolute Gasteiger partial charge is 0.480 e. The minimum Gasteiger partial charge on any atom is -0.480 e. The molecule has 44 heavy (non-hydrogen) atoms. The van der Waals surface area contributed by atoms with Gasteiger partial charge in [0.2, 0.25) is 0 Å². The van der Waals surface area contributed by atoms with E-state index in [4.69, 9.17) is 4.74 Å². The number of hydrogen-bond acceptors (Lipinski definition) is 9. The number of amides is 1. The summed E-state index contributed by atoms with van der Waals surface area (Å²) in [6.45, 7) is 12.9. The highest BCUT2D eigenvalue weighted by molar-refractivity contribution is 5.70. The summed E-state index contributed by atoms with van der Waals surface area (Å²) in [4.78, 5) is 54.5. The summed E-state index contributed by atoms with van der Waals surface area (Å²) in [6.07, 6.45) is 0.305. The topological polar surface area (TPSA) is 163 Å². The van der Waals surface area contributed by atoms with Crippen LogP contribution in [-0.2, 0) is 25.7 Å². The number of nitrogens with zero attached hydrogens (tertiary/aromatic N) is 4. The predicted molar refractivity (Wildman–Crippen MR) is 165 cm³/mol. The third-order valence-electron chi connectivity index (χ3n) is 7.54. The summed E-state index contributed by atoms with van der Waals surface area (Å²) in [5, 5.41) is 31.2. The number of carboxylic acid groups (broad SMARTS) is 3. The number of ether oxygens (including phenoxy) is 1. The number of hydrogen-bond donors (Lipinski definition) is 4. The summed E-state index contributed by atoms with van der Waals surface area (Å²) in [5.41, 5.74) is 0.472. The number of carboxylic acids is 3. The zero-order valence-corrected chi connectivity index (χ0v) is 26.7. The van der Waals surface area contributed by atoms with Crippen LogP contribution in [0.25, 0.3) is 0 Å². The van der Waals surface area contributed by atoms with Gasteiger partial charge in [-0.05, 0) is 22.8 Å². The van der Waals surface area contributed by atoms with E-state index in [-0.39, 0.29) is 37.1 Å². The molecule has 13 nitrogen and oxygen atoms in total. The van der Waals surface area contributed by atoms with Crippen LogP contribution in [0.2, 0.25) is 0 Å². The molecule has 1 aliphatic rings. The Kier molecular flexibility index (Phi) is 15.0. The van der Waals surface area contributed by atoms with Gasteiger partial charge in [-0.3, -0.25) is 29.1 Å². The molecule has 1 saturated heterocycles. The lowest BCUT2D eigenvalue weighted by molar-refractivity contribution is -0.140. The van der Waals surface area contributed by atoms with Gasteiger partial charge in [0.1, 0.15) is 6.61 Å². The van der Waals surface area contributed by atoms with Crippen molar-refractivity contribution in [1.82, 2.24) is 24.9 Å². The average molecular weight is 622 g/mol. The summed E-state index contributed by atoms with van der Waals surface area (Å²) in [6, 6.07) is 9.48. The first-order valence-corrected chi connectivity index (χ1v) is 15.1. The fourth-order valence-corrected chi connectivity index (χ4v) is 5.89. The van der Waals surface area contributed by atoms with Crippen molar-refractivity contribution in [3.8, 4) is 0 Å². The predicted octanol–water partition coefficient (Wildman–Crippen LogP) is 1.83. The Morgan fingerprint density at radius 1 is 0.682 bits per heavy atom. The zero-order chi connectivity index (χ0) is 32.8. The van der Waals surface area contributed by atoms with Gasteiger partial charge in [-0.1, -0.05) is 58.0 Å². The minimum absolute atomic E-state index is 0.150. The zero-order valence-electron chi connectivity index (χ0n) is 26.7. The van der Waals surface area contributed by atoms with Gasteiger partial charge < -0.3 is 30.3 Å². The molecular weight excluding hydrogens is 570 g/mol. The first-order valence-electron chi connectivity index (χ1n) is 15.1. The van der Waals surface area contributed by atoms with Crippen molar-refractivity contribution in [3.05, 3.63) is 35.9 Å². The van der Waals surface area contributed by atoms with Gasteiger partial charge in [0, 0.05) is 65.4 Å². The Bertz CT molecular complexity index is 1040. The van der Waals surface area contributed by atoms with E-state index in [0.29, 0.717) is 65.4 Å². The molecule has 13 heteroatoms.